The predicted molar refractivity (Wildman–Crippen MR) is 99.3 cm³/mol. The van der Waals surface area contributed by atoms with E-state index in [0.29, 0.717) is 5.02 Å². The van der Waals surface area contributed by atoms with Crippen molar-refractivity contribution in [1.82, 2.24) is 9.97 Å². The second-order valence-corrected chi connectivity index (χ2v) is 6.55. The van der Waals surface area contributed by atoms with Gasteiger partial charge in [-0.05, 0) is 23.8 Å². The number of phenols is 1. The van der Waals surface area contributed by atoms with E-state index in [9.17, 15) is 5.11 Å². The van der Waals surface area contributed by atoms with Crippen LogP contribution in [0.5, 0.6) is 5.75 Å². The number of aromatic hydroxyl groups is 1. The van der Waals surface area contributed by atoms with E-state index < -0.39 is 0 Å². The Morgan fingerprint density at radius 2 is 2.00 bits per heavy atom. The number of anilines is 2. The fourth-order valence-corrected chi connectivity index (χ4v) is 3.35. The summed E-state index contributed by atoms with van der Waals surface area (Å²) in [5.74, 6) is 0.196. The number of benzene rings is 2. The molecule has 4 aromatic rings. The summed E-state index contributed by atoms with van der Waals surface area (Å²) in [6.45, 7) is 0. The number of hydrogen-bond acceptors (Lipinski definition) is 5. The van der Waals surface area contributed by atoms with Crippen LogP contribution in [0, 0.1) is 0 Å². The number of aromatic nitrogens is 2. The van der Waals surface area contributed by atoms with Gasteiger partial charge < -0.3 is 10.4 Å². The highest BCUT2D eigenvalue weighted by Crippen LogP contribution is 2.35. The van der Waals surface area contributed by atoms with Crippen LogP contribution in [0.15, 0.2) is 60.4 Å². The van der Waals surface area contributed by atoms with E-state index in [-0.39, 0.29) is 5.75 Å². The summed E-state index contributed by atoms with van der Waals surface area (Å²) in [5.41, 5.74) is 5.25. The van der Waals surface area contributed by atoms with Gasteiger partial charge in [-0.25, -0.2) is 0 Å². The molecule has 0 atom stereocenters. The second-order valence-electron chi connectivity index (χ2n) is 5.25. The SMILES string of the molecule is Oc1cccc(Nc2c(Cl)cnc3cc(-c4cncs4)ccc23)c1. The third-order valence-electron chi connectivity index (χ3n) is 3.66. The molecule has 0 aliphatic rings. The summed E-state index contributed by atoms with van der Waals surface area (Å²) < 4.78 is 0. The number of nitrogens with zero attached hydrogens (tertiary/aromatic N) is 2. The van der Waals surface area contributed by atoms with Crippen LogP contribution < -0.4 is 5.32 Å². The van der Waals surface area contributed by atoms with Gasteiger partial charge in [-0.2, -0.15) is 0 Å². The molecule has 0 saturated carbocycles. The number of hydrogen-bond donors (Lipinski definition) is 2. The Kier molecular flexibility index (Phi) is 3.80. The Labute approximate surface area is 147 Å². The lowest BCUT2D eigenvalue weighted by molar-refractivity contribution is 0.475. The molecule has 2 aromatic heterocycles. The molecule has 118 valence electrons. The van der Waals surface area contributed by atoms with Crippen molar-refractivity contribution in [3.63, 3.8) is 0 Å². The second kappa shape index (κ2) is 6.11. The molecule has 4 rings (SSSR count). The summed E-state index contributed by atoms with van der Waals surface area (Å²) in [6, 6.07) is 13.0. The number of rotatable bonds is 3. The van der Waals surface area contributed by atoms with Crippen molar-refractivity contribution >= 4 is 45.2 Å². The maximum absolute atomic E-state index is 9.63. The zero-order valence-electron chi connectivity index (χ0n) is 12.4. The largest absolute Gasteiger partial charge is 0.508 e. The van der Waals surface area contributed by atoms with Crippen LogP contribution >= 0.6 is 22.9 Å². The van der Waals surface area contributed by atoms with Crippen molar-refractivity contribution in [2.24, 2.45) is 0 Å². The van der Waals surface area contributed by atoms with Crippen LogP contribution in [0.2, 0.25) is 5.02 Å². The molecule has 0 fully saturated rings. The quantitative estimate of drug-likeness (QED) is 0.513. The Morgan fingerprint density at radius 1 is 1.08 bits per heavy atom. The molecule has 0 aliphatic heterocycles. The minimum Gasteiger partial charge on any atom is -0.508 e. The Bertz CT molecular complexity index is 1020. The van der Waals surface area contributed by atoms with Crippen LogP contribution in [0.25, 0.3) is 21.3 Å². The Morgan fingerprint density at radius 3 is 2.79 bits per heavy atom. The highest BCUT2D eigenvalue weighted by Gasteiger charge is 2.10. The van der Waals surface area contributed by atoms with Gasteiger partial charge >= 0.3 is 0 Å². The first-order chi connectivity index (χ1) is 11.7. The maximum atomic E-state index is 9.63. The number of phenolic OH excluding ortho intramolecular Hbond substituents is 1. The topological polar surface area (TPSA) is 58.0 Å². The van der Waals surface area contributed by atoms with Gasteiger partial charge in [0.05, 0.1) is 26.6 Å². The van der Waals surface area contributed by atoms with Crippen LogP contribution in [-0.4, -0.2) is 15.1 Å². The van der Waals surface area contributed by atoms with E-state index >= 15 is 0 Å². The smallest absolute Gasteiger partial charge is 0.117 e. The highest BCUT2D eigenvalue weighted by molar-refractivity contribution is 7.13. The van der Waals surface area contributed by atoms with Gasteiger partial charge in [0.25, 0.3) is 0 Å². The first-order valence-electron chi connectivity index (χ1n) is 7.24. The standard InChI is InChI=1S/C18H12ClN3OS/c19-15-8-21-16-6-11(17-9-20-10-24-17)4-5-14(16)18(15)22-12-2-1-3-13(23)7-12/h1-10,23H,(H,21,22). The summed E-state index contributed by atoms with van der Waals surface area (Å²) in [7, 11) is 0. The molecule has 0 unspecified atom stereocenters. The van der Waals surface area contributed by atoms with Crippen LogP contribution in [-0.2, 0) is 0 Å². The van der Waals surface area contributed by atoms with E-state index in [4.69, 9.17) is 11.6 Å². The zero-order valence-corrected chi connectivity index (χ0v) is 14.0. The minimum absolute atomic E-state index is 0.196. The third-order valence-corrected chi connectivity index (χ3v) is 4.76. The van der Waals surface area contributed by atoms with Crippen molar-refractivity contribution in [3.05, 3.63) is 65.4 Å². The molecule has 24 heavy (non-hydrogen) atoms. The molecule has 2 N–H and O–H groups in total. The van der Waals surface area contributed by atoms with Gasteiger partial charge in [-0.3, -0.25) is 9.97 Å². The lowest BCUT2D eigenvalue weighted by atomic mass is 10.1. The maximum Gasteiger partial charge on any atom is 0.117 e. The van der Waals surface area contributed by atoms with E-state index in [2.05, 4.69) is 15.3 Å². The van der Waals surface area contributed by atoms with Crippen molar-refractivity contribution in [2.75, 3.05) is 5.32 Å². The van der Waals surface area contributed by atoms with Crippen molar-refractivity contribution < 1.29 is 5.11 Å². The van der Waals surface area contributed by atoms with E-state index in [1.54, 1.807) is 35.7 Å². The average Bonchev–Trinajstić information content (AvgIpc) is 3.12. The molecular weight excluding hydrogens is 342 g/mol. The average molecular weight is 354 g/mol. The molecule has 6 heteroatoms. The molecule has 0 spiro atoms. The van der Waals surface area contributed by atoms with Crippen LogP contribution in [0.4, 0.5) is 11.4 Å². The summed E-state index contributed by atoms with van der Waals surface area (Å²) in [6.07, 6.45) is 3.47. The first kappa shape index (κ1) is 14.9. The molecule has 4 nitrogen and oxygen atoms in total. The Hall–Kier alpha value is -2.63. The normalized spacial score (nSPS) is 10.9. The molecule has 2 heterocycles. The third kappa shape index (κ3) is 2.79. The number of nitrogens with one attached hydrogen (secondary N) is 1. The van der Waals surface area contributed by atoms with Gasteiger partial charge in [0.15, 0.2) is 0 Å². The number of thiazole rings is 1. The number of halogens is 1. The number of fused-ring (bicyclic) bond motifs is 1. The van der Waals surface area contributed by atoms with E-state index in [0.717, 1.165) is 32.7 Å². The molecule has 0 saturated heterocycles. The molecular formula is C18H12ClN3OS. The van der Waals surface area contributed by atoms with Gasteiger partial charge in [-0.15, -0.1) is 11.3 Å². The lowest BCUT2D eigenvalue weighted by Gasteiger charge is -2.12. The molecule has 0 amide bonds. The first-order valence-corrected chi connectivity index (χ1v) is 8.49. The van der Waals surface area contributed by atoms with Gasteiger partial charge in [0, 0.05) is 29.5 Å². The summed E-state index contributed by atoms with van der Waals surface area (Å²) in [5, 5.41) is 14.3. The minimum atomic E-state index is 0.196. The Balaban J connectivity index is 1.81. The molecule has 0 bridgehead atoms. The van der Waals surface area contributed by atoms with Crippen molar-refractivity contribution in [1.29, 1.82) is 0 Å². The van der Waals surface area contributed by atoms with Crippen molar-refractivity contribution in [2.45, 2.75) is 0 Å². The fourth-order valence-electron chi connectivity index (χ4n) is 2.54. The highest BCUT2D eigenvalue weighted by atomic mass is 35.5. The van der Waals surface area contributed by atoms with Crippen molar-refractivity contribution in [3.8, 4) is 16.2 Å². The fraction of sp³-hybridized carbons (Fsp3) is 0. The monoisotopic (exact) mass is 353 g/mol. The van der Waals surface area contributed by atoms with Crippen LogP contribution in [0.3, 0.4) is 0 Å². The molecule has 0 aliphatic carbocycles. The zero-order chi connectivity index (χ0) is 16.5. The van der Waals surface area contributed by atoms with E-state index in [1.807, 2.05) is 36.0 Å². The summed E-state index contributed by atoms with van der Waals surface area (Å²) >= 11 is 7.92. The summed E-state index contributed by atoms with van der Waals surface area (Å²) in [4.78, 5) is 9.64. The molecule has 2 aromatic carbocycles. The van der Waals surface area contributed by atoms with E-state index in [1.165, 1.54) is 0 Å². The number of pyridine rings is 1. The van der Waals surface area contributed by atoms with Gasteiger partial charge in [-0.1, -0.05) is 29.8 Å². The predicted octanol–water partition coefficient (Wildman–Crippen LogP) is 5.46. The van der Waals surface area contributed by atoms with Crippen LogP contribution in [0.1, 0.15) is 0 Å². The van der Waals surface area contributed by atoms with Gasteiger partial charge in [0.1, 0.15) is 5.75 Å². The molecule has 0 radical (unpaired) electrons. The lowest BCUT2D eigenvalue weighted by Crippen LogP contribution is -1.94. The van der Waals surface area contributed by atoms with Gasteiger partial charge in [0.2, 0.25) is 0 Å².